The lowest BCUT2D eigenvalue weighted by molar-refractivity contribution is -0.132. The first-order chi connectivity index (χ1) is 11.7. The molecule has 1 amide bonds. The normalized spacial score (nSPS) is 23.9. The maximum atomic E-state index is 12.7. The van der Waals surface area contributed by atoms with Gasteiger partial charge in [0.2, 0.25) is 5.91 Å². The zero-order valence-corrected chi connectivity index (χ0v) is 14.8. The number of hydrogen-bond acceptors (Lipinski definition) is 3. The molecule has 1 unspecified atom stereocenters. The Morgan fingerprint density at radius 2 is 1.83 bits per heavy atom. The number of carbonyl (C=O) groups excluding carboxylic acids is 1. The van der Waals surface area contributed by atoms with E-state index in [0.29, 0.717) is 24.3 Å². The zero-order chi connectivity index (χ0) is 16.8. The first-order valence-corrected chi connectivity index (χ1v) is 9.36. The van der Waals surface area contributed by atoms with Crippen molar-refractivity contribution in [2.24, 2.45) is 5.92 Å². The molecule has 1 aromatic carbocycles. The van der Waals surface area contributed by atoms with Crippen LogP contribution in [0.1, 0.15) is 38.2 Å². The summed E-state index contributed by atoms with van der Waals surface area (Å²) in [5, 5.41) is 0. The molecular formula is C20H30N2O2. The minimum atomic E-state index is 0.343. The van der Waals surface area contributed by atoms with E-state index < -0.39 is 0 Å². The summed E-state index contributed by atoms with van der Waals surface area (Å²) in [5.41, 5.74) is 1.35. The number of benzene rings is 1. The minimum absolute atomic E-state index is 0.343. The summed E-state index contributed by atoms with van der Waals surface area (Å²) in [6, 6.07) is 11.2. The quantitative estimate of drug-likeness (QED) is 0.851. The third-order valence-corrected chi connectivity index (χ3v) is 5.48. The third-order valence-electron chi connectivity index (χ3n) is 5.48. The molecule has 2 aliphatic rings. The number of amides is 1. The molecule has 2 aliphatic heterocycles. The average Bonchev–Trinajstić information content (AvgIpc) is 2.79. The van der Waals surface area contributed by atoms with Gasteiger partial charge in [-0.2, -0.15) is 0 Å². The van der Waals surface area contributed by atoms with Crippen molar-refractivity contribution in [1.82, 2.24) is 9.80 Å². The molecule has 24 heavy (non-hydrogen) atoms. The number of rotatable bonds is 4. The highest BCUT2D eigenvalue weighted by Crippen LogP contribution is 2.21. The van der Waals surface area contributed by atoms with Crippen molar-refractivity contribution in [1.29, 1.82) is 0 Å². The maximum Gasteiger partial charge on any atom is 0.222 e. The largest absolute Gasteiger partial charge is 0.381 e. The van der Waals surface area contributed by atoms with Crippen LogP contribution in [0.4, 0.5) is 0 Å². The van der Waals surface area contributed by atoms with Crippen molar-refractivity contribution in [2.75, 3.05) is 32.8 Å². The lowest BCUT2D eigenvalue weighted by Gasteiger charge is -2.27. The molecular weight excluding hydrogens is 300 g/mol. The molecule has 2 fully saturated rings. The van der Waals surface area contributed by atoms with Gasteiger partial charge in [-0.3, -0.25) is 9.69 Å². The van der Waals surface area contributed by atoms with Crippen molar-refractivity contribution >= 4 is 5.91 Å². The molecule has 0 aromatic heterocycles. The van der Waals surface area contributed by atoms with Crippen molar-refractivity contribution < 1.29 is 9.53 Å². The Morgan fingerprint density at radius 3 is 2.58 bits per heavy atom. The van der Waals surface area contributed by atoms with Crippen LogP contribution in [0.5, 0.6) is 0 Å². The molecule has 1 aromatic rings. The van der Waals surface area contributed by atoms with E-state index in [1.165, 1.54) is 5.56 Å². The predicted molar refractivity (Wildman–Crippen MR) is 95.7 cm³/mol. The van der Waals surface area contributed by atoms with Crippen LogP contribution < -0.4 is 0 Å². The summed E-state index contributed by atoms with van der Waals surface area (Å²) in [5.74, 6) is 0.864. The van der Waals surface area contributed by atoms with Crippen LogP contribution >= 0.6 is 0 Å². The van der Waals surface area contributed by atoms with E-state index in [-0.39, 0.29) is 0 Å². The van der Waals surface area contributed by atoms with E-state index in [1.807, 2.05) is 0 Å². The minimum Gasteiger partial charge on any atom is -0.381 e. The summed E-state index contributed by atoms with van der Waals surface area (Å²) < 4.78 is 5.40. The highest BCUT2D eigenvalue weighted by Gasteiger charge is 2.26. The summed E-state index contributed by atoms with van der Waals surface area (Å²) in [6.45, 7) is 7.63. The molecule has 2 heterocycles. The molecule has 0 N–H and O–H groups in total. The first-order valence-electron chi connectivity index (χ1n) is 9.36. The van der Waals surface area contributed by atoms with Crippen molar-refractivity contribution in [2.45, 2.75) is 45.2 Å². The third kappa shape index (κ3) is 4.81. The van der Waals surface area contributed by atoms with E-state index in [4.69, 9.17) is 4.74 Å². The Kier molecular flexibility index (Phi) is 6.27. The van der Waals surface area contributed by atoms with E-state index in [1.54, 1.807) is 0 Å². The van der Waals surface area contributed by atoms with Crippen molar-refractivity contribution in [3.8, 4) is 0 Å². The molecule has 2 saturated heterocycles. The fraction of sp³-hybridized carbons (Fsp3) is 0.650. The highest BCUT2D eigenvalue weighted by molar-refractivity contribution is 5.76. The number of nitrogens with zero attached hydrogens (tertiary/aromatic N) is 2. The van der Waals surface area contributed by atoms with Gasteiger partial charge < -0.3 is 9.64 Å². The molecule has 4 nitrogen and oxygen atoms in total. The lowest BCUT2D eigenvalue weighted by Crippen LogP contribution is -2.37. The molecule has 0 radical (unpaired) electrons. The second kappa shape index (κ2) is 8.63. The van der Waals surface area contributed by atoms with E-state index in [9.17, 15) is 4.79 Å². The van der Waals surface area contributed by atoms with Gasteiger partial charge in [-0.25, -0.2) is 0 Å². The van der Waals surface area contributed by atoms with Crippen LogP contribution in [0, 0.1) is 5.92 Å². The standard InChI is InChI=1S/C20H30N2O2/c1-17-7-10-21(20(23)15-18-8-13-24-14-9-18)11-12-22(17)16-19-5-3-2-4-6-19/h2-6,17-18H,7-16H2,1H3. The van der Waals surface area contributed by atoms with Crippen LogP contribution in [-0.4, -0.2) is 54.6 Å². The van der Waals surface area contributed by atoms with Gasteiger partial charge in [0.1, 0.15) is 0 Å². The fourth-order valence-corrected chi connectivity index (χ4v) is 3.74. The van der Waals surface area contributed by atoms with Gasteiger partial charge in [0.25, 0.3) is 0 Å². The highest BCUT2D eigenvalue weighted by atomic mass is 16.5. The van der Waals surface area contributed by atoms with Gasteiger partial charge in [-0.05, 0) is 37.7 Å². The number of hydrogen-bond donors (Lipinski definition) is 0. The molecule has 132 valence electrons. The summed E-state index contributed by atoms with van der Waals surface area (Å²) >= 11 is 0. The van der Waals surface area contributed by atoms with Crippen LogP contribution in [0.15, 0.2) is 30.3 Å². The smallest absolute Gasteiger partial charge is 0.222 e. The zero-order valence-electron chi connectivity index (χ0n) is 14.8. The van der Waals surface area contributed by atoms with Gasteiger partial charge in [-0.1, -0.05) is 30.3 Å². The molecule has 1 atom stereocenters. The molecule has 4 heteroatoms. The molecule has 0 bridgehead atoms. The van der Waals surface area contributed by atoms with Crippen LogP contribution in [0.3, 0.4) is 0 Å². The van der Waals surface area contributed by atoms with Gasteiger partial charge in [0, 0.05) is 51.9 Å². The van der Waals surface area contributed by atoms with Crippen molar-refractivity contribution in [3.63, 3.8) is 0 Å². The van der Waals surface area contributed by atoms with Crippen molar-refractivity contribution in [3.05, 3.63) is 35.9 Å². The Labute approximate surface area is 145 Å². The fourth-order valence-electron chi connectivity index (χ4n) is 3.74. The van der Waals surface area contributed by atoms with Gasteiger partial charge in [0.15, 0.2) is 0 Å². The molecule has 0 spiro atoms. The first kappa shape index (κ1) is 17.4. The molecule has 0 saturated carbocycles. The topological polar surface area (TPSA) is 32.8 Å². The Balaban J connectivity index is 1.52. The van der Waals surface area contributed by atoms with Crippen LogP contribution in [-0.2, 0) is 16.1 Å². The predicted octanol–water partition coefficient (Wildman–Crippen LogP) is 2.93. The number of ether oxygens (including phenoxy) is 1. The maximum absolute atomic E-state index is 12.7. The van der Waals surface area contributed by atoms with E-state index >= 15 is 0 Å². The Bertz CT molecular complexity index is 514. The molecule has 3 rings (SSSR count). The average molecular weight is 330 g/mol. The van der Waals surface area contributed by atoms with Gasteiger partial charge in [0.05, 0.1) is 0 Å². The second-order valence-corrected chi connectivity index (χ2v) is 7.23. The van der Waals surface area contributed by atoms with Crippen LogP contribution in [0.2, 0.25) is 0 Å². The second-order valence-electron chi connectivity index (χ2n) is 7.23. The summed E-state index contributed by atoms with van der Waals surface area (Å²) in [4.78, 5) is 17.3. The Hall–Kier alpha value is -1.39. The number of carbonyl (C=O) groups is 1. The lowest BCUT2D eigenvalue weighted by atomic mass is 9.96. The Morgan fingerprint density at radius 1 is 1.08 bits per heavy atom. The SMILES string of the molecule is CC1CCN(C(=O)CC2CCOCC2)CCN1Cc1ccccc1. The van der Waals surface area contributed by atoms with E-state index in [0.717, 1.165) is 58.7 Å². The molecule has 0 aliphatic carbocycles. The summed E-state index contributed by atoms with van der Waals surface area (Å²) in [7, 11) is 0. The van der Waals surface area contributed by atoms with Gasteiger partial charge in [-0.15, -0.1) is 0 Å². The van der Waals surface area contributed by atoms with E-state index in [2.05, 4.69) is 47.1 Å². The monoisotopic (exact) mass is 330 g/mol. The van der Waals surface area contributed by atoms with Crippen LogP contribution in [0.25, 0.3) is 0 Å². The van der Waals surface area contributed by atoms with Gasteiger partial charge >= 0.3 is 0 Å². The summed E-state index contributed by atoms with van der Waals surface area (Å²) in [6.07, 6.45) is 3.84.